The van der Waals surface area contributed by atoms with Crippen molar-refractivity contribution in [3.63, 3.8) is 0 Å². The number of rotatable bonds is 5. The third kappa shape index (κ3) is 5.81. The first-order valence-corrected chi connectivity index (χ1v) is 10.5. The van der Waals surface area contributed by atoms with Crippen molar-refractivity contribution in [3.8, 4) is 0 Å². The van der Waals surface area contributed by atoms with Crippen molar-refractivity contribution < 1.29 is 0 Å². The zero-order valence-corrected chi connectivity index (χ0v) is 18.0. The van der Waals surface area contributed by atoms with E-state index >= 15 is 0 Å². The Hall–Kier alpha value is -3.90. The molecule has 0 N–H and O–H groups in total. The Kier molecular flexibility index (Phi) is 7.97. The lowest BCUT2D eigenvalue weighted by atomic mass is 9.85. The average molecular weight is 401 g/mol. The standard InChI is InChI=1S/C27H22.C4H6/c1-21-17-19-25(20-18-21)27(24-15-9-4-10-16-24)26(22-11-5-2-6-12-22)23-13-7-3-8-14-23;1-3-4-2/h2-20H,1H3;3-4H,1-2H2. The summed E-state index contributed by atoms with van der Waals surface area (Å²) in [6.07, 6.45) is 3.28. The maximum absolute atomic E-state index is 3.36. The van der Waals surface area contributed by atoms with E-state index in [4.69, 9.17) is 0 Å². The predicted molar refractivity (Wildman–Crippen MR) is 136 cm³/mol. The largest absolute Gasteiger partial charge is 0.0991 e. The number of hydrogen-bond donors (Lipinski definition) is 0. The first-order chi connectivity index (χ1) is 15.2. The van der Waals surface area contributed by atoms with Crippen LogP contribution in [0.4, 0.5) is 0 Å². The van der Waals surface area contributed by atoms with E-state index in [2.05, 4.69) is 135 Å². The van der Waals surface area contributed by atoms with Gasteiger partial charge in [-0.1, -0.05) is 146 Å². The van der Waals surface area contributed by atoms with Gasteiger partial charge in [0, 0.05) is 0 Å². The molecule has 0 radical (unpaired) electrons. The summed E-state index contributed by atoms with van der Waals surface area (Å²) in [6, 6.07) is 40.8. The third-order valence-electron chi connectivity index (χ3n) is 4.94. The fourth-order valence-electron chi connectivity index (χ4n) is 3.45. The number of hydrogen-bond acceptors (Lipinski definition) is 0. The Morgan fingerprint density at radius 2 is 0.742 bits per heavy atom. The fraction of sp³-hybridized carbons (Fsp3) is 0.0323. The molecule has 0 heterocycles. The van der Waals surface area contributed by atoms with E-state index in [1.807, 2.05) is 0 Å². The van der Waals surface area contributed by atoms with Gasteiger partial charge in [-0.25, -0.2) is 0 Å². The lowest BCUT2D eigenvalue weighted by Crippen LogP contribution is -1.97. The molecule has 0 saturated heterocycles. The predicted octanol–water partition coefficient (Wildman–Crippen LogP) is 8.36. The Morgan fingerprint density at radius 1 is 0.452 bits per heavy atom. The SMILES string of the molecule is C=CC=C.Cc1ccc(C(=C(c2ccccc2)c2ccccc2)c2ccccc2)cc1. The lowest BCUT2D eigenvalue weighted by molar-refractivity contribution is 1.44. The minimum atomic E-state index is 1.23. The Bertz CT molecular complexity index is 1070. The number of allylic oxidation sites excluding steroid dienone is 2. The molecule has 0 heteroatoms. The van der Waals surface area contributed by atoms with Gasteiger partial charge in [0.1, 0.15) is 0 Å². The van der Waals surface area contributed by atoms with E-state index in [0.29, 0.717) is 0 Å². The van der Waals surface area contributed by atoms with Gasteiger partial charge in [-0.2, -0.15) is 0 Å². The van der Waals surface area contributed by atoms with Gasteiger partial charge >= 0.3 is 0 Å². The Balaban J connectivity index is 0.000000628. The molecule has 0 amide bonds. The van der Waals surface area contributed by atoms with Gasteiger partial charge in [-0.15, -0.1) is 0 Å². The van der Waals surface area contributed by atoms with E-state index in [-0.39, 0.29) is 0 Å². The van der Waals surface area contributed by atoms with Crippen LogP contribution >= 0.6 is 0 Å². The fourth-order valence-corrected chi connectivity index (χ4v) is 3.45. The zero-order valence-electron chi connectivity index (χ0n) is 18.0. The summed E-state index contributed by atoms with van der Waals surface area (Å²) in [4.78, 5) is 0. The van der Waals surface area contributed by atoms with Crippen LogP contribution in [0.5, 0.6) is 0 Å². The van der Waals surface area contributed by atoms with Gasteiger partial charge in [0.25, 0.3) is 0 Å². The highest BCUT2D eigenvalue weighted by molar-refractivity contribution is 6.04. The minimum Gasteiger partial charge on any atom is -0.0991 e. The van der Waals surface area contributed by atoms with Crippen LogP contribution in [-0.4, -0.2) is 0 Å². The molecule has 0 aliphatic carbocycles. The quantitative estimate of drug-likeness (QED) is 0.233. The molecule has 31 heavy (non-hydrogen) atoms. The first kappa shape index (κ1) is 21.8. The normalized spacial score (nSPS) is 9.71. The summed E-state index contributed by atoms with van der Waals surface area (Å²) in [5, 5.41) is 0. The smallest absolute Gasteiger partial charge is 0.00268 e. The average Bonchev–Trinajstić information content (AvgIpc) is 2.85. The first-order valence-electron chi connectivity index (χ1n) is 10.5. The van der Waals surface area contributed by atoms with Crippen LogP contribution < -0.4 is 0 Å². The minimum absolute atomic E-state index is 1.23. The van der Waals surface area contributed by atoms with E-state index in [1.54, 1.807) is 12.2 Å². The van der Waals surface area contributed by atoms with Crippen LogP contribution in [0.1, 0.15) is 27.8 Å². The van der Waals surface area contributed by atoms with Gasteiger partial charge in [0.2, 0.25) is 0 Å². The highest BCUT2D eigenvalue weighted by atomic mass is 14.2. The molecule has 0 unspecified atom stereocenters. The van der Waals surface area contributed by atoms with Crippen molar-refractivity contribution in [3.05, 3.63) is 168 Å². The van der Waals surface area contributed by atoms with Crippen molar-refractivity contribution in [1.82, 2.24) is 0 Å². The molecule has 0 saturated carbocycles. The molecule has 152 valence electrons. The van der Waals surface area contributed by atoms with Crippen molar-refractivity contribution in [1.29, 1.82) is 0 Å². The van der Waals surface area contributed by atoms with Crippen LogP contribution in [0.2, 0.25) is 0 Å². The molecule has 4 rings (SSSR count). The van der Waals surface area contributed by atoms with Crippen molar-refractivity contribution in [2.75, 3.05) is 0 Å². The van der Waals surface area contributed by atoms with Crippen molar-refractivity contribution in [2.45, 2.75) is 6.92 Å². The second kappa shape index (κ2) is 11.3. The van der Waals surface area contributed by atoms with Gasteiger partial charge in [-0.3, -0.25) is 0 Å². The molecule has 0 aromatic heterocycles. The summed E-state index contributed by atoms with van der Waals surface area (Å²) < 4.78 is 0. The Morgan fingerprint density at radius 3 is 1.03 bits per heavy atom. The number of benzene rings is 4. The lowest BCUT2D eigenvalue weighted by Gasteiger charge is -2.18. The molecule has 0 aliphatic heterocycles. The highest BCUT2D eigenvalue weighted by Crippen LogP contribution is 2.36. The molecule has 0 bridgehead atoms. The molecule has 0 atom stereocenters. The van der Waals surface area contributed by atoms with Crippen molar-refractivity contribution in [2.24, 2.45) is 0 Å². The highest BCUT2D eigenvalue weighted by Gasteiger charge is 2.15. The summed E-state index contributed by atoms with van der Waals surface area (Å²) >= 11 is 0. The monoisotopic (exact) mass is 400 g/mol. The van der Waals surface area contributed by atoms with Crippen LogP contribution in [0, 0.1) is 6.92 Å². The second-order valence-corrected chi connectivity index (χ2v) is 7.19. The van der Waals surface area contributed by atoms with E-state index < -0.39 is 0 Å². The van der Waals surface area contributed by atoms with E-state index in [9.17, 15) is 0 Å². The molecular weight excluding hydrogens is 372 g/mol. The van der Waals surface area contributed by atoms with E-state index in [0.717, 1.165) is 0 Å². The molecule has 4 aromatic rings. The summed E-state index contributed by atoms with van der Waals surface area (Å²) in [5.74, 6) is 0. The molecule has 4 aromatic carbocycles. The Labute approximate surface area is 186 Å². The van der Waals surface area contributed by atoms with Gasteiger partial charge < -0.3 is 0 Å². The summed E-state index contributed by atoms with van der Waals surface area (Å²) in [5.41, 5.74) is 8.69. The zero-order chi connectivity index (χ0) is 21.9. The van der Waals surface area contributed by atoms with Crippen molar-refractivity contribution >= 4 is 11.1 Å². The second-order valence-electron chi connectivity index (χ2n) is 7.19. The maximum Gasteiger partial charge on any atom is -0.00268 e. The molecule has 0 fully saturated rings. The topological polar surface area (TPSA) is 0 Å². The third-order valence-corrected chi connectivity index (χ3v) is 4.94. The summed E-state index contributed by atoms with van der Waals surface area (Å²) in [7, 11) is 0. The van der Waals surface area contributed by atoms with E-state index in [1.165, 1.54) is 39.0 Å². The molecular formula is C31H28. The van der Waals surface area contributed by atoms with Crippen LogP contribution in [-0.2, 0) is 0 Å². The van der Waals surface area contributed by atoms with Gasteiger partial charge in [-0.05, 0) is 40.3 Å². The van der Waals surface area contributed by atoms with Crippen LogP contribution in [0.3, 0.4) is 0 Å². The van der Waals surface area contributed by atoms with Gasteiger partial charge in [0.05, 0.1) is 0 Å². The van der Waals surface area contributed by atoms with Crippen LogP contribution in [0.25, 0.3) is 11.1 Å². The number of aryl methyl sites for hydroxylation is 1. The van der Waals surface area contributed by atoms with Gasteiger partial charge in [0.15, 0.2) is 0 Å². The molecule has 0 nitrogen and oxygen atoms in total. The van der Waals surface area contributed by atoms with Crippen LogP contribution in [0.15, 0.2) is 141 Å². The molecule has 0 spiro atoms. The molecule has 0 aliphatic rings. The summed E-state index contributed by atoms with van der Waals surface area (Å²) in [6.45, 7) is 8.85. The maximum atomic E-state index is 3.36.